The van der Waals surface area contributed by atoms with E-state index in [0.29, 0.717) is 24.3 Å². The maximum Gasteiger partial charge on any atom is 0.274 e. The fourth-order valence-electron chi connectivity index (χ4n) is 4.97. The van der Waals surface area contributed by atoms with Crippen molar-refractivity contribution in [2.45, 2.75) is 19.8 Å². The second kappa shape index (κ2) is 11.3. The minimum atomic E-state index is -0.743. The Kier molecular flexibility index (Phi) is 7.67. The van der Waals surface area contributed by atoms with Crippen LogP contribution in [-0.4, -0.2) is 45.0 Å². The monoisotopic (exact) mass is 573 g/mol. The van der Waals surface area contributed by atoms with Gasteiger partial charge in [-0.3, -0.25) is 29.3 Å². The molecule has 3 aromatic rings. The topological polar surface area (TPSA) is 127 Å². The number of rotatable bonds is 8. The Morgan fingerprint density at radius 3 is 2.22 bits per heavy atom. The van der Waals surface area contributed by atoms with Gasteiger partial charge in [0.2, 0.25) is 0 Å². The third-order valence-corrected chi connectivity index (χ3v) is 7.46. The molecular formula is C30H24ClN3O7. The first-order chi connectivity index (χ1) is 19.6. The number of allylic oxidation sites excluding steroid dienone is 2. The molecule has 3 amide bonds. The van der Waals surface area contributed by atoms with Gasteiger partial charge >= 0.3 is 0 Å². The van der Waals surface area contributed by atoms with Crippen molar-refractivity contribution in [3.8, 4) is 11.5 Å². The molecule has 0 spiro atoms. The number of non-ortho nitro benzene ring substituents is 1. The summed E-state index contributed by atoms with van der Waals surface area (Å²) >= 11 is 6.27. The van der Waals surface area contributed by atoms with Gasteiger partial charge in [-0.15, -0.1) is 0 Å². The second-order valence-electron chi connectivity index (χ2n) is 9.83. The van der Waals surface area contributed by atoms with E-state index in [1.54, 1.807) is 12.1 Å². The lowest BCUT2D eigenvalue weighted by atomic mass is 9.82. The third kappa shape index (κ3) is 5.59. The molecule has 11 heteroatoms. The van der Waals surface area contributed by atoms with Crippen molar-refractivity contribution < 1.29 is 28.8 Å². The highest BCUT2D eigenvalue weighted by Crippen LogP contribution is 2.39. The van der Waals surface area contributed by atoms with Gasteiger partial charge in [0.25, 0.3) is 23.4 Å². The quantitative estimate of drug-likeness (QED) is 0.112. The predicted molar refractivity (Wildman–Crippen MR) is 148 cm³/mol. The average Bonchev–Trinajstić information content (AvgIpc) is 3.20. The van der Waals surface area contributed by atoms with Gasteiger partial charge in [-0.05, 0) is 68.3 Å². The summed E-state index contributed by atoms with van der Waals surface area (Å²) in [4.78, 5) is 64.2. The molecule has 208 valence electrons. The fraction of sp³-hybridized carbons (Fsp3) is 0.200. The van der Waals surface area contributed by atoms with Gasteiger partial charge in [0.05, 0.1) is 27.3 Å². The molecule has 41 heavy (non-hydrogen) atoms. The number of halogens is 1. The molecule has 1 aliphatic heterocycles. The molecule has 1 aliphatic carbocycles. The lowest BCUT2D eigenvalue weighted by molar-refractivity contribution is -0.384. The van der Waals surface area contributed by atoms with Crippen LogP contribution in [0.3, 0.4) is 0 Å². The first kappa shape index (κ1) is 27.7. The van der Waals surface area contributed by atoms with E-state index in [0.717, 1.165) is 15.6 Å². The van der Waals surface area contributed by atoms with Crippen LogP contribution in [0, 0.1) is 22.0 Å². The number of hydrogen-bond donors (Lipinski definition) is 0. The van der Waals surface area contributed by atoms with Crippen molar-refractivity contribution in [2.24, 2.45) is 11.8 Å². The Bertz CT molecular complexity index is 1580. The maximum absolute atomic E-state index is 13.7. The molecule has 5 rings (SSSR count). The van der Waals surface area contributed by atoms with Crippen LogP contribution >= 0.6 is 11.6 Å². The van der Waals surface area contributed by atoms with Crippen molar-refractivity contribution in [2.75, 3.05) is 6.54 Å². The summed E-state index contributed by atoms with van der Waals surface area (Å²) in [5.41, 5.74) is 1.19. The van der Waals surface area contributed by atoms with Gasteiger partial charge in [0.1, 0.15) is 18.0 Å². The smallest absolute Gasteiger partial charge is 0.274 e. The number of amides is 3. The van der Waals surface area contributed by atoms with Crippen LogP contribution in [0.1, 0.15) is 40.5 Å². The molecular weight excluding hydrogens is 550 g/mol. The third-order valence-electron chi connectivity index (χ3n) is 7.13. The Hall–Kier alpha value is -4.83. The van der Waals surface area contributed by atoms with Gasteiger partial charge in [-0.25, -0.2) is 5.01 Å². The van der Waals surface area contributed by atoms with Gasteiger partial charge < -0.3 is 4.74 Å². The number of fused-ring (bicyclic) bond motifs is 1. The molecule has 0 bridgehead atoms. The standard InChI is InChI=1S/C30H24ClN3O7/c1-18-6-15-23-25(16-18)30(38)33(29(23)37)32(28(36)24-4-2-3-5-26(24)31)17-27(35)19-7-11-21(12-8-19)41-22-13-9-20(10-14-22)34(39)40/h2-14,23,25H,15-17H2,1H3/t23-,25-/m1/s1. The molecule has 1 fully saturated rings. The fourth-order valence-corrected chi connectivity index (χ4v) is 5.19. The first-order valence-corrected chi connectivity index (χ1v) is 13.2. The zero-order valence-electron chi connectivity index (χ0n) is 21.9. The molecule has 10 nitrogen and oxygen atoms in total. The highest BCUT2D eigenvalue weighted by Gasteiger charge is 2.51. The Labute approximate surface area is 239 Å². The predicted octanol–water partition coefficient (Wildman–Crippen LogP) is 5.62. The van der Waals surface area contributed by atoms with E-state index in [2.05, 4.69) is 0 Å². The molecule has 0 saturated carbocycles. The number of ketones is 1. The highest BCUT2D eigenvalue weighted by molar-refractivity contribution is 6.34. The molecule has 1 heterocycles. The van der Waals surface area contributed by atoms with E-state index in [-0.39, 0.29) is 21.8 Å². The average molecular weight is 574 g/mol. The summed E-state index contributed by atoms with van der Waals surface area (Å²) in [6, 6.07) is 17.8. The van der Waals surface area contributed by atoms with E-state index in [1.165, 1.54) is 60.7 Å². The summed E-state index contributed by atoms with van der Waals surface area (Å²) in [6.07, 6.45) is 2.71. The number of nitro groups is 1. The number of ether oxygens (including phenoxy) is 1. The van der Waals surface area contributed by atoms with Gasteiger partial charge in [0, 0.05) is 17.7 Å². The number of nitro benzene ring substituents is 1. The second-order valence-corrected chi connectivity index (χ2v) is 10.2. The Balaban J connectivity index is 1.38. The summed E-state index contributed by atoms with van der Waals surface area (Å²) in [6.45, 7) is 1.32. The molecule has 0 unspecified atom stereocenters. The molecule has 2 atom stereocenters. The molecule has 0 aromatic heterocycles. The van der Waals surface area contributed by atoms with Crippen molar-refractivity contribution in [1.29, 1.82) is 0 Å². The van der Waals surface area contributed by atoms with Crippen LogP contribution in [0.25, 0.3) is 0 Å². The van der Waals surface area contributed by atoms with Gasteiger partial charge in [-0.1, -0.05) is 35.4 Å². The Morgan fingerprint density at radius 1 is 0.976 bits per heavy atom. The summed E-state index contributed by atoms with van der Waals surface area (Å²) in [7, 11) is 0. The zero-order chi connectivity index (χ0) is 29.3. The normalized spacial score (nSPS) is 18.0. The molecule has 0 N–H and O–H groups in total. The van der Waals surface area contributed by atoms with E-state index >= 15 is 0 Å². The Morgan fingerprint density at radius 2 is 1.59 bits per heavy atom. The van der Waals surface area contributed by atoms with Crippen molar-refractivity contribution in [3.63, 3.8) is 0 Å². The van der Waals surface area contributed by atoms with Crippen molar-refractivity contribution >= 4 is 40.8 Å². The lowest BCUT2D eigenvalue weighted by Crippen LogP contribution is -2.52. The summed E-state index contributed by atoms with van der Waals surface area (Å²) in [5, 5.41) is 12.7. The van der Waals surface area contributed by atoms with Gasteiger partial charge in [-0.2, -0.15) is 5.01 Å². The number of benzene rings is 3. The number of Topliss-reactive ketones (excluding diaryl/α,β-unsaturated/α-hetero) is 1. The van der Waals surface area contributed by atoms with Gasteiger partial charge in [0.15, 0.2) is 5.78 Å². The van der Waals surface area contributed by atoms with Crippen LogP contribution < -0.4 is 4.74 Å². The maximum atomic E-state index is 13.7. The van der Waals surface area contributed by atoms with Crippen LogP contribution in [0.2, 0.25) is 5.02 Å². The van der Waals surface area contributed by atoms with Crippen LogP contribution in [-0.2, 0) is 9.59 Å². The number of carbonyl (C=O) groups excluding carboxylic acids is 4. The van der Waals surface area contributed by atoms with E-state index in [1.807, 2.05) is 13.0 Å². The first-order valence-electron chi connectivity index (χ1n) is 12.8. The number of carbonyl (C=O) groups is 4. The highest BCUT2D eigenvalue weighted by atomic mass is 35.5. The number of hydrogen-bond acceptors (Lipinski definition) is 7. The SMILES string of the molecule is CC1=CC[C@H]2C(=O)N(N(CC(=O)c3ccc(Oc4ccc([N+](=O)[O-])cc4)cc3)C(=O)c3ccccc3Cl)C(=O)[C@@H]2C1. The number of hydrazine groups is 1. The minimum absolute atomic E-state index is 0.0542. The van der Waals surface area contributed by atoms with E-state index < -0.39 is 46.8 Å². The zero-order valence-corrected chi connectivity index (χ0v) is 22.6. The van der Waals surface area contributed by atoms with Crippen LogP contribution in [0.4, 0.5) is 5.69 Å². The molecule has 2 aliphatic rings. The molecule has 1 saturated heterocycles. The van der Waals surface area contributed by atoms with E-state index in [9.17, 15) is 29.3 Å². The lowest BCUT2D eigenvalue weighted by Gasteiger charge is -2.30. The van der Waals surface area contributed by atoms with Crippen molar-refractivity contribution in [3.05, 3.63) is 111 Å². The minimum Gasteiger partial charge on any atom is -0.457 e. The van der Waals surface area contributed by atoms with Crippen LogP contribution in [0.15, 0.2) is 84.4 Å². The van der Waals surface area contributed by atoms with Crippen molar-refractivity contribution in [1.82, 2.24) is 10.0 Å². The van der Waals surface area contributed by atoms with Crippen LogP contribution in [0.5, 0.6) is 11.5 Å². The number of imide groups is 1. The largest absolute Gasteiger partial charge is 0.457 e. The summed E-state index contributed by atoms with van der Waals surface area (Å²) < 4.78 is 5.69. The number of nitrogens with zero attached hydrogens (tertiary/aromatic N) is 3. The molecule has 0 radical (unpaired) electrons. The summed E-state index contributed by atoms with van der Waals surface area (Å²) in [5.74, 6) is -2.76. The molecule has 3 aromatic carbocycles. The van der Waals surface area contributed by atoms with E-state index in [4.69, 9.17) is 16.3 Å².